The minimum Gasteiger partial charge on any atom is -0.121 e. The third-order valence-electron chi connectivity index (χ3n) is 2.21. The van der Waals surface area contributed by atoms with Crippen molar-refractivity contribution in [1.29, 1.82) is 0 Å². The molecular formula is C10H16Br2Si2. The van der Waals surface area contributed by atoms with Crippen LogP contribution in [0.4, 0.5) is 0 Å². The van der Waals surface area contributed by atoms with Crippen molar-refractivity contribution >= 4 is 54.3 Å². The van der Waals surface area contributed by atoms with Gasteiger partial charge in [0.05, 0.1) is 0 Å². The molecule has 0 aliphatic heterocycles. The van der Waals surface area contributed by atoms with Crippen LogP contribution in [0.3, 0.4) is 0 Å². The molecular weight excluding hydrogens is 336 g/mol. The lowest BCUT2D eigenvalue weighted by molar-refractivity contribution is 1.75. The zero-order valence-electron chi connectivity index (χ0n) is 9.07. The molecule has 4 heteroatoms. The Morgan fingerprint density at radius 3 is 1.29 bits per heavy atom. The van der Waals surface area contributed by atoms with E-state index in [-0.39, 0.29) is 0 Å². The maximum absolute atomic E-state index is 3.87. The molecule has 0 N–H and O–H groups in total. The summed E-state index contributed by atoms with van der Waals surface area (Å²) in [5.41, 5.74) is 0. The van der Waals surface area contributed by atoms with Gasteiger partial charge in [-0.25, -0.2) is 0 Å². The summed E-state index contributed by atoms with van der Waals surface area (Å²) in [6.07, 6.45) is 0. The molecule has 0 unspecified atom stereocenters. The summed E-state index contributed by atoms with van der Waals surface area (Å²) in [6.45, 7) is 6.59. The molecule has 0 spiro atoms. The van der Waals surface area contributed by atoms with E-state index in [4.69, 9.17) is 0 Å². The van der Waals surface area contributed by atoms with Gasteiger partial charge in [0.1, 0.15) is 0 Å². The van der Waals surface area contributed by atoms with Gasteiger partial charge in [0, 0.05) is 0 Å². The van der Waals surface area contributed by atoms with Crippen molar-refractivity contribution in [2.24, 2.45) is 0 Å². The summed E-state index contributed by atoms with van der Waals surface area (Å²) >= 11 is 7.74. The van der Waals surface area contributed by atoms with E-state index in [9.17, 15) is 0 Å². The molecule has 78 valence electrons. The topological polar surface area (TPSA) is 0 Å². The van der Waals surface area contributed by atoms with Crippen LogP contribution in [-0.2, 0) is 0 Å². The lowest BCUT2D eigenvalue weighted by atomic mass is 10.4. The van der Waals surface area contributed by atoms with E-state index in [1.807, 2.05) is 0 Å². The molecule has 14 heavy (non-hydrogen) atoms. The van der Waals surface area contributed by atoms with Crippen molar-refractivity contribution in [3.8, 4) is 0 Å². The van der Waals surface area contributed by atoms with Gasteiger partial charge < -0.3 is 0 Å². The van der Waals surface area contributed by atoms with Crippen LogP contribution in [0.15, 0.2) is 24.3 Å². The highest BCUT2D eigenvalue weighted by molar-refractivity contribution is 9.27. The molecule has 0 heterocycles. The minimum absolute atomic E-state index is 1.37. The van der Waals surface area contributed by atoms with Crippen molar-refractivity contribution in [1.82, 2.24) is 0 Å². The smallest absolute Gasteiger partial charge is 0.121 e. The molecule has 0 amide bonds. The van der Waals surface area contributed by atoms with Crippen LogP contribution in [0.2, 0.25) is 26.2 Å². The van der Waals surface area contributed by atoms with Crippen molar-refractivity contribution in [3.05, 3.63) is 24.3 Å². The molecule has 0 fully saturated rings. The van der Waals surface area contributed by atoms with E-state index < -0.39 is 13.4 Å². The maximum atomic E-state index is 3.87. The quantitative estimate of drug-likeness (QED) is 0.566. The summed E-state index contributed by atoms with van der Waals surface area (Å²) in [7, 11) is 0. The Morgan fingerprint density at radius 1 is 0.786 bits per heavy atom. The highest BCUT2D eigenvalue weighted by Crippen LogP contribution is 2.15. The molecule has 0 saturated carbocycles. The summed E-state index contributed by atoms with van der Waals surface area (Å²) in [5.74, 6) is 0. The van der Waals surface area contributed by atoms with Gasteiger partial charge in [0.15, 0.2) is 13.4 Å². The van der Waals surface area contributed by atoms with Crippen LogP contribution in [0.1, 0.15) is 0 Å². The second-order valence-corrected chi connectivity index (χ2v) is 23.4. The van der Waals surface area contributed by atoms with Gasteiger partial charge in [-0.1, -0.05) is 50.5 Å². The van der Waals surface area contributed by atoms with Crippen molar-refractivity contribution in [2.75, 3.05) is 0 Å². The molecule has 0 saturated heterocycles. The second-order valence-electron chi connectivity index (χ2n) is 4.49. The Balaban J connectivity index is 3.31. The molecule has 0 radical (unpaired) electrons. The first-order valence-corrected chi connectivity index (χ1v) is 15.2. The Kier molecular flexibility index (Phi) is 3.84. The summed E-state index contributed by atoms with van der Waals surface area (Å²) in [5, 5.41) is 3.07. The average molecular weight is 352 g/mol. The lowest BCUT2D eigenvalue weighted by Gasteiger charge is -2.24. The van der Waals surface area contributed by atoms with Gasteiger partial charge in [-0.3, -0.25) is 0 Å². The standard InChI is InChI=1S/C10H16Br2Si2/c1-13(2,11)9-7-5-6-8-10(9)14(3,4)12/h5-8H,1-4H3. The van der Waals surface area contributed by atoms with Gasteiger partial charge >= 0.3 is 0 Å². The van der Waals surface area contributed by atoms with E-state index in [0.717, 1.165) is 0 Å². The summed E-state index contributed by atoms with van der Waals surface area (Å²) < 4.78 is 0. The van der Waals surface area contributed by atoms with Crippen molar-refractivity contribution < 1.29 is 0 Å². The van der Waals surface area contributed by atoms with Crippen LogP contribution < -0.4 is 10.4 Å². The van der Waals surface area contributed by atoms with Gasteiger partial charge in [0.25, 0.3) is 0 Å². The van der Waals surface area contributed by atoms with Crippen molar-refractivity contribution in [2.45, 2.75) is 26.2 Å². The van der Waals surface area contributed by atoms with Gasteiger partial charge in [-0.15, -0.1) is 30.6 Å². The zero-order chi connectivity index (χ0) is 11.0. The van der Waals surface area contributed by atoms with E-state index in [1.165, 1.54) is 10.4 Å². The normalized spacial score (nSPS) is 13.0. The number of hydrogen-bond acceptors (Lipinski definition) is 0. The Morgan fingerprint density at radius 2 is 1.07 bits per heavy atom. The fourth-order valence-electron chi connectivity index (χ4n) is 1.52. The Bertz CT molecular complexity index is 291. The first-order chi connectivity index (χ1) is 6.23. The molecule has 0 atom stereocenters. The van der Waals surface area contributed by atoms with E-state index in [1.54, 1.807) is 0 Å². The van der Waals surface area contributed by atoms with Gasteiger partial charge in [-0.05, 0) is 10.4 Å². The average Bonchev–Trinajstić information content (AvgIpc) is 2.01. The van der Waals surface area contributed by atoms with Gasteiger partial charge in [0.2, 0.25) is 0 Å². The van der Waals surface area contributed by atoms with Crippen LogP contribution in [0.25, 0.3) is 0 Å². The Labute approximate surface area is 104 Å². The largest absolute Gasteiger partial charge is 0.154 e. The number of rotatable bonds is 2. The molecule has 0 nitrogen and oxygen atoms in total. The molecule has 0 aliphatic carbocycles. The summed E-state index contributed by atoms with van der Waals surface area (Å²) in [6, 6.07) is 8.82. The van der Waals surface area contributed by atoms with Crippen molar-refractivity contribution in [3.63, 3.8) is 0 Å². The highest BCUT2D eigenvalue weighted by Gasteiger charge is 2.29. The van der Waals surface area contributed by atoms with E-state index >= 15 is 0 Å². The molecule has 0 aliphatic rings. The monoisotopic (exact) mass is 350 g/mol. The van der Waals surface area contributed by atoms with Crippen LogP contribution in [0.5, 0.6) is 0 Å². The Hall–Kier alpha value is 0.614. The fourth-order valence-corrected chi connectivity index (χ4v) is 9.00. The lowest BCUT2D eigenvalue weighted by Crippen LogP contribution is -2.53. The third-order valence-corrected chi connectivity index (χ3v) is 8.45. The van der Waals surface area contributed by atoms with E-state index in [2.05, 4.69) is 81.0 Å². The number of hydrogen-bond donors (Lipinski definition) is 0. The van der Waals surface area contributed by atoms with Crippen LogP contribution >= 0.6 is 30.6 Å². The second kappa shape index (κ2) is 4.24. The minimum atomic E-state index is -1.37. The van der Waals surface area contributed by atoms with Crippen LogP contribution in [0, 0.1) is 0 Å². The fraction of sp³-hybridized carbons (Fsp3) is 0.400. The molecule has 1 aromatic carbocycles. The SMILES string of the molecule is C[Si](C)(Br)c1ccccc1[Si](C)(C)Br. The highest BCUT2D eigenvalue weighted by atomic mass is 79.9. The maximum Gasteiger partial charge on any atom is 0.154 e. The first kappa shape index (κ1) is 12.7. The number of benzene rings is 1. The molecule has 1 rings (SSSR count). The number of halogens is 2. The molecule has 1 aromatic rings. The zero-order valence-corrected chi connectivity index (χ0v) is 14.2. The third kappa shape index (κ3) is 3.05. The molecule has 0 aromatic heterocycles. The predicted octanol–water partition coefficient (Wildman–Crippen LogP) is 3.30. The summed E-state index contributed by atoms with van der Waals surface area (Å²) in [4.78, 5) is 0. The van der Waals surface area contributed by atoms with Gasteiger partial charge in [-0.2, -0.15) is 0 Å². The van der Waals surface area contributed by atoms with Crippen LogP contribution in [-0.4, -0.2) is 13.4 Å². The first-order valence-electron chi connectivity index (χ1n) is 4.71. The predicted molar refractivity (Wildman–Crippen MR) is 78.5 cm³/mol. The molecule has 0 bridgehead atoms. The van der Waals surface area contributed by atoms with E-state index in [0.29, 0.717) is 0 Å².